The smallest absolute Gasteiger partial charge is 0.338 e. The summed E-state index contributed by atoms with van der Waals surface area (Å²) in [4.78, 5) is 37.3. The number of rotatable bonds is 5. The fourth-order valence-electron chi connectivity index (χ4n) is 6.55. The lowest BCUT2D eigenvalue weighted by molar-refractivity contribution is -0.277. The maximum atomic E-state index is 13.2. The van der Waals surface area contributed by atoms with Gasteiger partial charge in [0.1, 0.15) is 24.2 Å². The number of esters is 3. The molecule has 2 aliphatic carbocycles. The molecule has 0 amide bonds. The summed E-state index contributed by atoms with van der Waals surface area (Å²) in [5.41, 5.74) is -1.77. The van der Waals surface area contributed by atoms with E-state index < -0.39 is 46.7 Å². The van der Waals surface area contributed by atoms with Gasteiger partial charge in [0.2, 0.25) is 0 Å². The molecule has 1 aliphatic heterocycles. The molecule has 4 rings (SSSR count). The van der Waals surface area contributed by atoms with E-state index in [0.29, 0.717) is 18.4 Å². The molecule has 1 heterocycles. The van der Waals surface area contributed by atoms with Gasteiger partial charge >= 0.3 is 17.9 Å². The van der Waals surface area contributed by atoms with Crippen LogP contribution in [-0.4, -0.2) is 47.9 Å². The number of benzene rings is 1. The van der Waals surface area contributed by atoms with Crippen LogP contribution in [0.2, 0.25) is 0 Å². The first-order valence-electron chi connectivity index (χ1n) is 11.8. The van der Waals surface area contributed by atoms with E-state index in [4.69, 9.17) is 18.9 Å². The Morgan fingerprint density at radius 3 is 2.33 bits per heavy atom. The molecule has 180 valence electrons. The van der Waals surface area contributed by atoms with Crippen LogP contribution in [0.1, 0.15) is 70.7 Å². The fraction of sp³-hybridized carbons (Fsp3) is 0.654. The van der Waals surface area contributed by atoms with E-state index in [-0.39, 0.29) is 18.4 Å². The molecule has 1 aromatic carbocycles. The van der Waals surface area contributed by atoms with Crippen LogP contribution in [0.4, 0.5) is 0 Å². The number of hydrogen-bond acceptors (Lipinski definition) is 7. The van der Waals surface area contributed by atoms with E-state index in [0.717, 1.165) is 12.8 Å². The van der Waals surface area contributed by atoms with E-state index in [1.807, 2.05) is 6.07 Å². The topological polar surface area (TPSA) is 88.1 Å². The zero-order valence-electron chi connectivity index (χ0n) is 20.1. The molecule has 7 heteroatoms. The minimum atomic E-state index is -1.00. The van der Waals surface area contributed by atoms with Gasteiger partial charge in [-0.05, 0) is 63.5 Å². The second-order valence-electron chi connectivity index (χ2n) is 10.4. The van der Waals surface area contributed by atoms with Crippen molar-refractivity contribution < 1.29 is 33.3 Å². The van der Waals surface area contributed by atoms with Crippen LogP contribution in [-0.2, 0) is 28.5 Å². The molecule has 6 atom stereocenters. The number of ether oxygens (including phenoxy) is 4. The van der Waals surface area contributed by atoms with Crippen LogP contribution in [0, 0.1) is 17.3 Å². The molecular formula is C26H34O7. The molecule has 6 unspecified atom stereocenters. The van der Waals surface area contributed by atoms with E-state index in [1.54, 1.807) is 24.3 Å². The lowest BCUT2D eigenvalue weighted by Gasteiger charge is -2.60. The highest BCUT2D eigenvalue weighted by molar-refractivity contribution is 5.89. The lowest BCUT2D eigenvalue weighted by Crippen LogP contribution is -2.71. The van der Waals surface area contributed by atoms with E-state index in [1.165, 1.54) is 13.8 Å². The van der Waals surface area contributed by atoms with Crippen LogP contribution >= 0.6 is 0 Å². The second-order valence-corrected chi connectivity index (χ2v) is 10.4. The zero-order chi connectivity index (χ0) is 24.0. The van der Waals surface area contributed by atoms with Gasteiger partial charge in [0.15, 0.2) is 0 Å². The maximum Gasteiger partial charge on any atom is 0.338 e. The Morgan fingerprint density at radius 2 is 1.70 bits per heavy atom. The van der Waals surface area contributed by atoms with E-state index in [2.05, 4.69) is 20.8 Å². The highest BCUT2D eigenvalue weighted by atomic mass is 16.6. The third-order valence-electron chi connectivity index (χ3n) is 8.15. The number of carbonyl (C=O) groups excluding carboxylic acids is 3. The summed E-state index contributed by atoms with van der Waals surface area (Å²) in [5.74, 6) is -1.06. The largest absolute Gasteiger partial charge is 0.465 e. The van der Waals surface area contributed by atoms with Gasteiger partial charge in [0.05, 0.1) is 16.8 Å². The van der Waals surface area contributed by atoms with Crippen molar-refractivity contribution in [3.63, 3.8) is 0 Å². The van der Waals surface area contributed by atoms with Gasteiger partial charge in [-0.3, -0.25) is 9.59 Å². The van der Waals surface area contributed by atoms with Crippen molar-refractivity contribution in [1.82, 2.24) is 0 Å². The van der Waals surface area contributed by atoms with Crippen molar-refractivity contribution in [2.75, 3.05) is 6.61 Å². The van der Waals surface area contributed by atoms with Crippen molar-refractivity contribution in [2.45, 2.75) is 83.7 Å². The van der Waals surface area contributed by atoms with Gasteiger partial charge in [0.25, 0.3) is 0 Å². The number of carbonyl (C=O) groups is 3. The molecule has 0 aromatic heterocycles. The molecule has 33 heavy (non-hydrogen) atoms. The van der Waals surface area contributed by atoms with Crippen LogP contribution in [0.25, 0.3) is 0 Å². The molecule has 7 nitrogen and oxygen atoms in total. The molecular weight excluding hydrogens is 424 g/mol. The highest BCUT2D eigenvalue weighted by Crippen LogP contribution is 2.67. The number of hydrogen-bond donors (Lipinski definition) is 0. The predicted molar refractivity (Wildman–Crippen MR) is 119 cm³/mol. The Labute approximate surface area is 195 Å². The van der Waals surface area contributed by atoms with Gasteiger partial charge in [-0.25, -0.2) is 4.79 Å². The third kappa shape index (κ3) is 3.84. The van der Waals surface area contributed by atoms with Gasteiger partial charge in [-0.1, -0.05) is 25.1 Å². The molecule has 1 saturated heterocycles. The Kier molecular flexibility index (Phi) is 6.06. The van der Waals surface area contributed by atoms with Crippen LogP contribution in [0.5, 0.6) is 0 Å². The van der Waals surface area contributed by atoms with Gasteiger partial charge in [0, 0.05) is 13.8 Å². The highest BCUT2D eigenvalue weighted by Gasteiger charge is 2.75. The SMILES string of the molecule is CC(=O)OCC12C(OC(C)=O)CCC(C)C13CC(CC2OC(=O)c1ccccc1)C(C)(C)O3. The molecule has 2 bridgehead atoms. The summed E-state index contributed by atoms with van der Waals surface area (Å²) >= 11 is 0. The minimum absolute atomic E-state index is 0.0415. The second kappa shape index (κ2) is 8.42. The summed E-state index contributed by atoms with van der Waals surface area (Å²) in [6.07, 6.45) is 1.41. The summed E-state index contributed by atoms with van der Waals surface area (Å²) < 4.78 is 24.6. The quantitative estimate of drug-likeness (QED) is 0.485. The van der Waals surface area contributed by atoms with Crippen LogP contribution < -0.4 is 0 Å². The predicted octanol–water partition coefficient (Wildman–Crippen LogP) is 4.08. The maximum absolute atomic E-state index is 13.2. The molecule has 3 fully saturated rings. The summed E-state index contributed by atoms with van der Waals surface area (Å²) in [6, 6.07) is 8.83. The van der Waals surface area contributed by atoms with E-state index >= 15 is 0 Å². The van der Waals surface area contributed by atoms with Gasteiger partial charge in [-0.2, -0.15) is 0 Å². The average Bonchev–Trinajstić information content (AvgIpc) is 2.98. The van der Waals surface area contributed by atoms with Crippen LogP contribution in [0.3, 0.4) is 0 Å². The molecule has 3 aliphatic rings. The molecule has 2 saturated carbocycles. The Bertz CT molecular complexity index is 926. The summed E-state index contributed by atoms with van der Waals surface area (Å²) in [5, 5.41) is 0. The van der Waals surface area contributed by atoms with Crippen molar-refractivity contribution in [2.24, 2.45) is 17.3 Å². The minimum Gasteiger partial charge on any atom is -0.465 e. The Morgan fingerprint density at radius 1 is 1.00 bits per heavy atom. The normalized spacial score (nSPS) is 36.4. The van der Waals surface area contributed by atoms with Crippen molar-refractivity contribution in [1.29, 1.82) is 0 Å². The van der Waals surface area contributed by atoms with Crippen molar-refractivity contribution in [3.8, 4) is 0 Å². The fourth-order valence-corrected chi connectivity index (χ4v) is 6.55. The van der Waals surface area contributed by atoms with Gasteiger partial charge in [-0.15, -0.1) is 0 Å². The zero-order valence-corrected chi connectivity index (χ0v) is 20.1. The standard InChI is InChI=1S/C26H34O7/c1-16-11-12-21(31-18(3)28)25(15-30-17(2)27)22(32-23(29)19-9-7-6-8-10-19)13-20-14-26(16,25)33-24(20,4)5/h6-10,16,20-22H,11-15H2,1-5H3. The van der Waals surface area contributed by atoms with E-state index in [9.17, 15) is 14.4 Å². The average molecular weight is 459 g/mol. The lowest BCUT2D eigenvalue weighted by atomic mass is 9.49. The summed E-state index contributed by atoms with van der Waals surface area (Å²) in [7, 11) is 0. The third-order valence-corrected chi connectivity index (χ3v) is 8.15. The molecule has 0 radical (unpaired) electrons. The first kappa shape index (κ1) is 23.7. The molecule has 0 N–H and O–H groups in total. The van der Waals surface area contributed by atoms with Crippen molar-refractivity contribution >= 4 is 17.9 Å². The van der Waals surface area contributed by atoms with Gasteiger partial charge < -0.3 is 18.9 Å². The van der Waals surface area contributed by atoms with Crippen molar-refractivity contribution in [3.05, 3.63) is 35.9 Å². The first-order chi connectivity index (χ1) is 15.5. The Hall–Kier alpha value is -2.41. The van der Waals surface area contributed by atoms with Crippen LogP contribution in [0.15, 0.2) is 30.3 Å². The first-order valence-corrected chi connectivity index (χ1v) is 11.8. The Balaban J connectivity index is 1.84. The molecule has 1 aromatic rings. The monoisotopic (exact) mass is 458 g/mol. The number of fused-ring (bicyclic) bond motifs is 1. The molecule has 1 spiro atoms. The summed E-state index contributed by atoms with van der Waals surface area (Å²) in [6.45, 7) is 8.94.